The minimum atomic E-state index is 0.0269. The molecule has 2 atom stereocenters. The van der Waals surface area contributed by atoms with E-state index >= 15 is 0 Å². The number of hydrogen-bond donors (Lipinski definition) is 1. The van der Waals surface area contributed by atoms with E-state index in [4.69, 9.17) is 27.9 Å². The molecule has 1 amide bonds. The van der Waals surface area contributed by atoms with E-state index < -0.39 is 0 Å². The first kappa shape index (κ1) is 15.6. The lowest BCUT2D eigenvalue weighted by Gasteiger charge is -2.20. The van der Waals surface area contributed by atoms with Crippen LogP contribution in [0.2, 0.25) is 10.0 Å². The number of carbonyl (C=O) groups is 1. The Morgan fingerprint density at radius 2 is 2.30 bits per heavy atom. The van der Waals surface area contributed by atoms with Crippen LogP contribution in [-0.4, -0.2) is 24.7 Å². The van der Waals surface area contributed by atoms with Crippen LogP contribution in [0.1, 0.15) is 31.7 Å². The highest BCUT2D eigenvalue weighted by Gasteiger charge is 2.23. The van der Waals surface area contributed by atoms with Crippen LogP contribution in [0.15, 0.2) is 18.2 Å². The van der Waals surface area contributed by atoms with Crippen molar-refractivity contribution in [2.75, 3.05) is 6.61 Å². The zero-order chi connectivity index (χ0) is 14.5. The monoisotopic (exact) mass is 315 g/mol. The second kappa shape index (κ2) is 7.30. The number of aryl methyl sites for hydroxylation is 1. The zero-order valence-corrected chi connectivity index (χ0v) is 13.0. The summed E-state index contributed by atoms with van der Waals surface area (Å²) >= 11 is 11.9. The minimum Gasteiger partial charge on any atom is -0.376 e. The maximum Gasteiger partial charge on any atom is 0.220 e. The van der Waals surface area contributed by atoms with Crippen molar-refractivity contribution in [3.63, 3.8) is 0 Å². The Balaban J connectivity index is 1.79. The largest absolute Gasteiger partial charge is 0.376 e. The summed E-state index contributed by atoms with van der Waals surface area (Å²) in [7, 11) is 0. The quantitative estimate of drug-likeness (QED) is 0.901. The van der Waals surface area contributed by atoms with Crippen molar-refractivity contribution in [3.8, 4) is 0 Å². The zero-order valence-electron chi connectivity index (χ0n) is 11.5. The molecule has 110 valence electrons. The lowest BCUT2D eigenvalue weighted by molar-refractivity contribution is -0.122. The van der Waals surface area contributed by atoms with E-state index in [9.17, 15) is 4.79 Å². The molecule has 1 saturated heterocycles. The van der Waals surface area contributed by atoms with Gasteiger partial charge in [0, 0.05) is 23.1 Å². The van der Waals surface area contributed by atoms with Crippen molar-refractivity contribution in [1.29, 1.82) is 0 Å². The summed E-state index contributed by atoms with van der Waals surface area (Å²) in [6.07, 6.45) is 3.27. The van der Waals surface area contributed by atoms with Gasteiger partial charge in [0.05, 0.1) is 12.1 Å². The van der Waals surface area contributed by atoms with E-state index in [1.165, 1.54) is 0 Å². The first-order valence-electron chi connectivity index (χ1n) is 6.91. The predicted octanol–water partition coefficient (Wildman–Crippen LogP) is 3.61. The molecule has 20 heavy (non-hydrogen) atoms. The second-order valence-corrected chi connectivity index (χ2v) is 5.99. The molecule has 1 N–H and O–H groups in total. The van der Waals surface area contributed by atoms with Gasteiger partial charge in [0.1, 0.15) is 0 Å². The van der Waals surface area contributed by atoms with E-state index in [0.717, 1.165) is 25.0 Å². The number of amides is 1. The van der Waals surface area contributed by atoms with Crippen molar-refractivity contribution in [1.82, 2.24) is 5.32 Å². The first-order valence-corrected chi connectivity index (χ1v) is 7.67. The van der Waals surface area contributed by atoms with Crippen LogP contribution in [0.3, 0.4) is 0 Å². The first-order chi connectivity index (χ1) is 9.56. The summed E-state index contributed by atoms with van der Waals surface area (Å²) < 4.78 is 5.56. The molecular weight excluding hydrogens is 297 g/mol. The molecule has 1 aliphatic heterocycles. The van der Waals surface area contributed by atoms with Crippen LogP contribution < -0.4 is 5.32 Å². The fourth-order valence-electron chi connectivity index (χ4n) is 2.39. The summed E-state index contributed by atoms with van der Waals surface area (Å²) in [5.41, 5.74) is 0.941. The molecule has 1 aromatic carbocycles. The second-order valence-electron chi connectivity index (χ2n) is 5.14. The van der Waals surface area contributed by atoms with Gasteiger partial charge in [0.15, 0.2) is 0 Å². The molecule has 1 aromatic rings. The Labute approximate surface area is 129 Å². The molecule has 3 nitrogen and oxygen atoms in total. The van der Waals surface area contributed by atoms with Gasteiger partial charge in [-0.3, -0.25) is 4.79 Å². The molecular formula is C15H19Cl2NO2. The molecule has 0 saturated carbocycles. The summed E-state index contributed by atoms with van der Waals surface area (Å²) in [5.74, 6) is 0.0269. The third-order valence-electron chi connectivity index (χ3n) is 3.55. The average molecular weight is 316 g/mol. The Morgan fingerprint density at radius 3 is 2.95 bits per heavy atom. The van der Waals surface area contributed by atoms with Crippen LogP contribution in [-0.2, 0) is 16.0 Å². The molecule has 0 bridgehead atoms. The van der Waals surface area contributed by atoms with E-state index in [1.54, 1.807) is 12.1 Å². The third-order valence-corrected chi connectivity index (χ3v) is 4.13. The van der Waals surface area contributed by atoms with Crippen molar-refractivity contribution < 1.29 is 9.53 Å². The number of carbonyl (C=O) groups excluding carboxylic acids is 1. The topological polar surface area (TPSA) is 38.3 Å². The summed E-state index contributed by atoms with van der Waals surface area (Å²) in [6, 6.07) is 5.41. The molecule has 0 aromatic heterocycles. The van der Waals surface area contributed by atoms with Gasteiger partial charge in [0.2, 0.25) is 5.91 Å². The normalized spacial score (nSPS) is 19.9. The molecule has 0 unspecified atom stereocenters. The van der Waals surface area contributed by atoms with Gasteiger partial charge in [-0.25, -0.2) is 0 Å². The molecule has 0 spiro atoms. The van der Waals surface area contributed by atoms with Gasteiger partial charge in [-0.05, 0) is 43.9 Å². The molecule has 0 radical (unpaired) electrons. The van der Waals surface area contributed by atoms with Gasteiger partial charge >= 0.3 is 0 Å². The van der Waals surface area contributed by atoms with E-state index in [1.807, 2.05) is 13.0 Å². The average Bonchev–Trinajstić information content (AvgIpc) is 2.91. The lowest BCUT2D eigenvalue weighted by atomic mass is 10.1. The number of ether oxygens (including phenoxy) is 1. The highest BCUT2D eigenvalue weighted by molar-refractivity contribution is 6.35. The van der Waals surface area contributed by atoms with Crippen LogP contribution in [0.4, 0.5) is 0 Å². The summed E-state index contributed by atoms with van der Waals surface area (Å²) in [6.45, 7) is 2.79. The van der Waals surface area contributed by atoms with Gasteiger partial charge in [-0.15, -0.1) is 0 Å². The highest BCUT2D eigenvalue weighted by atomic mass is 35.5. The number of rotatable bonds is 5. The van der Waals surface area contributed by atoms with Crippen molar-refractivity contribution in [2.45, 2.75) is 44.8 Å². The molecule has 2 rings (SSSR count). The van der Waals surface area contributed by atoms with Crippen molar-refractivity contribution in [2.24, 2.45) is 0 Å². The summed E-state index contributed by atoms with van der Waals surface area (Å²) in [4.78, 5) is 11.9. The Hall–Kier alpha value is -0.770. The fraction of sp³-hybridized carbons (Fsp3) is 0.533. The van der Waals surface area contributed by atoms with Crippen LogP contribution in [0, 0.1) is 0 Å². The Bertz CT molecular complexity index is 473. The standard InChI is InChI=1S/C15H19Cl2NO2/c1-10(14-3-2-8-20-14)18-15(19)7-5-11-4-6-12(16)9-13(11)17/h4,6,9-10,14H,2-3,5,7-8H2,1H3,(H,18,19)/t10-,14-/m1/s1. The number of benzene rings is 1. The van der Waals surface area contributed by atoms with Gasteiger partial charge in [0.25, 0.3) is 0 Å². The van der Waals surface area contributed by atoms with E-state index in [-0.39, 0.29) is 18.1 Å². The third kappa shape index (κ3) is 4.37. The van der Waals surface area contributed by atoms with Gasteiger partial charge in [-0.2, -0.15) is 0 Å². The van der Waals surface area contributed by atoms with E-state index in [0.29, 0.717) is 22.9 Å². The number of halogens is 2. The van der Waals surface area contributed by atoms with Gasteiger partial charge in [-0.1, -0.05) is 29.3 Å². The smallest absolute Gasteiger partial charge is 0.220 e. The SMILES string of the molecule is C[C@@H](NC(=O)CCc1ccc(Cl)cc1Cl)[C@H]1CCCO1. The molecule has 1 heterocycles. The molecule has 1 fully saturated rings. The van der Waals surface area contributed by atoms with Crippen molar-refractivity contribution >= 4 is 29.1 Å². The lowest BCUT2D eigenvalue weighted by Crippen LogP contribution is -2.40. The Morgan fingerprint density at radius 1 is 1.50 bits per heavy atom. The van der Waals surface area contributed by atoms with Crippen LogP contribution in [0.5, 0.6) is 0 Å². The van der Waals surface area contributed by atoms with Gasteiger partial charge < -0.3 is 10.1 Å². The van der Waals surface area contributed by atoms with Crippen molar-refractivity contribution in [3.05, 3.63) is 33.8 Å². The number of nitrogens with one attached hydrogen (secondary N) is 1. The molecule has 0 aliphatic carbocycles. The van der Waals surface area contributed by atoms with Crippen LogP contribution in [0.25, 0.3) is 0 Å². The molecule has 5 heteroatoms. The fourth-order valence-corrected chi connectivity index (χ4v) is 2.89. The highest BCUT2D eigenvalue weighted by Crippen LogP contribution is 2.22. The maximum atomic E-state index is 11.9. The molecule has 1 aliphatic rings. The predicted molar refractivity (Wildman–Crippen MR) is 81.4 cm³/mol. The minimum absolute atomic E-state index is 0.0269. The van der Waals surface area contributed by atoms with E-state index in [2.05, 4.69) is 5.32 Å². The maximum absolute atomic E-state index is 11.9. The Kier molecular flexibility index (Phi) is 5.70. The number of hydrogen-bond acceptors (Lipinski definition) is 2. The summed E-state index contributed by atoms with van der Waals surface area (Å²) in [5, 5.41) is 4.21. The van der Waals surface area contributed by atoms with Crippen LogP contribution >= 0.6 is 23.2 Å².